The van der Waals surface area contributed by atoms with Gasteiger partial charge in [0.15, 0.2) is 11.6 Å². The highest BCUT2D eigenvalue weighted by atomic mass is 19.1. The van der Waals surface area contributed by atoms with E-state index in [1.165, 1.54) is 20.3 Å². The molecule has 2 N–H and O–H groups in total. The van der Waals surface area contributed by atoms with Crippen molar-refractivity contribution in [2.45, 2.75) is 19.1 Å². The van der Waals surface area contributed by atoms with Crippen LogP contribution in [0.4, 0.5) is 8.78 Å². The van der Waals surface area contributed by atoms with Crippen LogP contribution in [0.15, 0.2) is 36.4 Å². The van der Waals surface area contributed by atoms with Crippen molar-refractivity contribution >= 4 is 5.97 Å². The Morgan fingerprint density at radius 2 is 1.84 bits per heavy atom. The average molecular weight is 351 g/mol. The monoisotopic (exact) mass is 351 g/mol. The molecule has 0 aliphatic heterocycles. The minimum Gasteiger partial charge on any atom is -0.496 e. The molecule has 2 rings (SSSR count). The lowest BCUT2D eigenvalue weighted by molar-refractivity contribution is -0.142. The molecule has 0 amide bonds. The quantitative estimate of drug-likeness (QED) is 0.777. The van der Waals surface area contributed by atoms with Gasteiger partial charge in [-0.3, -0.25) is 4.79 Å². The molecule has 0 aliphatic carbocycles. The van der Waals surface area contributed by atoms with Crippen LogP contribution >= 0.6 is 0 Å². The summed E-state index contributed by atoms with van der Waals surface area (Å²) in [6.45, 7) is 0.00697. The number of carbonyl (C=O) groups is 1. The lowest BCUT2D eigenvalue weighted by atomic mass is 10.0. The van der Waals surface area contributed by atoms with Crippen molar-refractivity contribution in [3.05, 3.63) is 59.2 Å². The molecule has 0 radical (unpaired) electrons. The molecule has 0 aromatic heterocycles. The van der Waals surface area contributed by atoms with Crippen molar-refractivity contribution in [3.63, 3.8) is 0 Å². The first-order valence-electron chi connectivity index (χ1n) is 7.51. The summed E-state index contributed by atoms with van der Waals surface area (Å²) in [7, 11) is 2.77. The van der Waals surface area contributed by atoms with Gasteiger partial charge in [-0.25, -0.2) is 8.78 Å². The van der Waals surface area contributed by atoms with Crippen LogP contribution in [0.3, 0.4) is 0 Å². The van der Waals surface area contributed by atoms with E-state index in [0.29, 0.717) is 11.3 Å². The number of methoxy groups -OCH3 is 2. The van der Waals surface area contributed by atoms with E-state index in [0.717, 1.165) is 17.7 Å². The second-order valence-corrected chi connectivity index (χ2v) is 5.34. The van der Waals surface area contributed by atoms with E-state index in [-0.39, 0.29) is 18.8 Å². The largest absolute Gasteiger partial charge is 0.496 e. The SMILES string of the molecule is COC(=O)C(N)Cc1ccc(OC)c(COc2ccc(F)cc2F)c1. The summed E-state index contributed by atoms with van der Waals surface area (Å²) in [5.74, 6) is -1.51. The van der Waals surface area contributed by atoms with Crippen molar-refractivity contribution in [2.75, 3.05) is 14.2 Å². The van der Waals surface area contributed by atoms with Gasteiger partial charge < -0.3 is 19.9 Å². The molecular weight excluding hydrogens is 332 g/mol. The Morgan fingerprint density at radius 3 is 2.48 bits per heavy atom. The number of hydrogen-bond acceptors (Lipinski definition) is 5. The van der Waals surface area contributed by atoms with Gasteiger partial charge in [0.25, 0.3) is 0 Å². The topological polar surface area (TPSA) is 70.8 Å². The van der Waals surface area contributed by atoms with Gasteiger partial charge in [-0.1, -0.05) is 6.07 Å². The van der Waals surface area contributed by atoms with E-state index < -0.39 is 23.6 Å². The van der Waals surface area contributed by atoms with Crippen molar-refractivity contribution < 1.29 is 27.8 Å². The third kappa shape index (κ3) is 4.90. The Bertz CT molecular complexity index is 752. The van der Waals surface area contributed by atoms with Crippen molar-refractivity contribution in [1.82, 2.24) is 0 Å². The van der Waals surface area contributed by atoms with Crippen LogP contribution in [-0.4, -0.2) is 26.2 Å². The maximum absolute atomic E-state index is 13.7. The average Bonchev–Trinajstić information content (AvgIpc) is 2.60. The number of halogens is 2. The summed E-state index contributed by atoms with van der Waals surface area (Å²) < 4.78 is 41.8. The Hall–Kier alpha value is -2.67. The third-order valence-electron chi connectivity index (χ3n) is 3.58. The van der Waals surface area contributed by atoms with Gasteiger partial charge in [0, 0.05) is 11.6 Å². The molecule has 25 heavy (non-hydrogen) atoms. The first kappa shape index (κ1) is 18.7. The first-order valence-corrected chi connectivity index (χ1v) is 7.51. The van der Waals surface area contributed by atoms with Crippen LogP contribution in [0, 0.1) is 11.6 Å². The van der Waals surface area contributed by atoms with Crippen LogP contribution < -0.4 is 15.2 Å². The highest BCUT2D eigenvalue weighted by Crippen LogP contribution is 2.24. The molecular formula is C18H19F2NO4. The maximum atomic E-state index is 13.7. The Kier molecular flexibility index (Phi) is 6.30. The Labute approximate surface area is 144 Å². The maximum Gasteiger partial charge on any atom is 0.322 e. The molecule has 0 saturated heterocycles. The zero-order chi connectivity index (χ0) is 18.4. The molecule has 7 heteroatoms. The molecule has 1 atom stereocenters. The molecule has 0 aliphatic rings. The van der Waals surface area contributed by atoms with Gasteiger partial charge in [-0.05, 0) is 36.2 Å². The highest BCUT2D eigenvalue weighted by Gasteiger charge is 2.16. The predicted octanol–water partition coefficient (Wildman–Crippen LogP) is 2.60. The highest BCUT2D eigenvalue weighted by molar-refractivity contribution is 5.75. The normalized spacial score (nSPS) is 11.7. The zero-order valence-corrected chi connectivity index (χ0v) is 13.9. The number of carbonyl (C=O) groups excluding carboxylic acids is 1. The van der Waals surface area contributed by atoms with E-state index in [9.17, 15) is 13.6 Å². The van der Waals surface area contributed by atoms with Gasteiger partial charge in [-0.2, -0.15) is 0 Å². The van der Waals surface area contributed by atoms with Crippen molar-refractivity contribution in [3.8, 4) is 11.5 Å². The predicted molar refractivity (Wildman–Crippen MR) is 87.4 cm³/mol. The van der Waals surface area contributed by atoms with Crippen molar-refractivity contribution in [2.24, 2.45) is 5.73 Å². The number of hydrogen-bond donors (Lipinski definition) is 1. The van der Waals surface area contributed by atoms with E-state index in [4.69, 9.17) is 15.2 Å². The zero-order valence-electron chi connectivity index (χ0n) is 13.9. The van der Waals surface area contributed by atoms with Crippen LogP contribution in [0.5, 0.6) is 11.5 Å². The van der Waals surface area contributed by atoms with Crippen LogP contribution in [0.2, 0.25) is 0 Å². The molecule has 134 valence electrons. The number of ether oxygens (including phenoxy) is 3. The van der Waals surface area contributed by atoms with Crippen LogP contribution in [0.25, 0.3) is 0 Å². The summed E-state index contributed by atoms with van der Waals surface area (Å²) in [4.78, 5) is 11.4. The summed E-state index contributed by atoms with van der Waals surface area (Å²) in [6, 6.07) is 7.52. The lowest BCUT2D eigenvalue weighted by Crippen LogP contribution is -2.33. The third-order valence-corrected chi connectivity index (χ3v) is 3.58. The second-order valence-electron chi connectivity index (χ2n) is 5.34. The van der Waals surface area contributed by atoms with Gasteiger partial charge in [0.2, 0.25) is 0 Å². The van der Waals surface area contributed by atoms with Gasteiger partial charge in [0.1, 0.15) is 24.2 Å². The summed E-state index contributed by atoms with van der Waals surface area (Å²) in [5, 5.41) is 0. The molecule has 2 aromatic carbocycles. The summed E-state index contributed by atoms with van der Waals surface area (Å²) in [5.41, 5.74) is 7.17. The number of nitrogens with two attached hydrogens (primary N) is 1. The van der Waals surface area contributed by atoms with E-state index in [1.807, 2.05) is 0 Å². The molecule has 0 heterocycles. The molecule has 0 bridgehead atoms. The lowest BCUT2D eigenvalue weighted by Gasteiger charge is -2.14. The molecule has 2 aromatic rings. The minimum absolute atomic E-state index is 0.00697. The van der Waals surface area contributed by atoms with Crippen molar-refractivity contribution in [1.29, 1.82) is 0 Å². The summed E-state index contributed by atoms with van der Waals surface area (Å²) >= 11 is 0. The number of rotatable bonds is 7. The Morgan fingerprint density at radius 1 is 1.12 bits per heavy atom. The standard InChI is InChI=1S/C18H19F2NO4/c1-23-16-5-3-11(8-15(21)18(22)24-2)7-12(16)10-25-17-6-4-13(19)9-14(17)20/h3-7,9,15H,8,10,21H2,1-2H3. The number of benzene rings is 2. The summed E-state index contributed by atoms with van der Waals surface area (Å²) in [6.07, 6.45) is 0.272. The fraction of sp³-hybridized carbons (Fsp3) is 0.278. The molecule has 5 nitrogen and oxygen atoms in total. The molecule has 0 spiro atoms. The minimum atomic E-state index is -0.790. The van der Waals surface area contributed by atoms with Gasteiger partial charge in [-0.15, -0.1) is 0 Å². The van der Waals surface area contributed by atoms with E-state index in [1.54, 1.807) is 18.2 Å². The van der Waals surface area contributed by atoms with Gasteiger partial charge >= 0.3 is 5.97 Å². The van der Waals surface area contributed by atoms with E-state index in [2.05, 4.69) is 4.74 Å². The fourth-order valence-corrected chi connectivity index (χ4v) is 2.31. The van der Waals surface area contributed by atoms with Crippen LogP contribution in [0.1, 0.15) is 11.1 Å². The van der Waals surface area contributed by atoms with Crippen LogP contribution in [-0.2, 0) is 22.6 Å². The Balaban J connectivity index is 2.15. The molecule has 0 fully saturated rings. The fourth-order valence-electron chi connectivity index (χ4n) is 2.31. The molecule has 1 unspecified atom stereocenters. The van der Waals surface area contributed by atoms with E-state index >= 15 is 0 Å². The number of esters is 1. The second kappa shape index (κ2) is 8.43. The molecule has 0 saturated carbocycles. The smallest absolute Gasteiger partial charge is 0.322 e. The van der Waals surface area contributed by atoms with Gasteiger partial charge in [0.05, 0.1) is 14.2 Å². The first-order chi connectivity index (χ1) is 11.9.